The molecule has 1 heterocycles. The van der Waals surface area contributed by atoms with Gasteiger partial charge in [-0.1, -0.05) is 11.6 Å². The van der Waals surface area contributed by atoms with E-state index < -0.39 is 4.87 Å². The van der Waals surface area contributed by atoms with Crippen molar-refractivity contribution in [1.29, 1.82) is 0 Å². The average Bonchev–Trinajstić information content (AvgIpc) is 1.86. The molecule has 1 aliphatic heterocycles. The zero-order valence-electron chi connectivity index (χ0n) is 4.32. The number of halogens is 2. The lowest BCUT2D eigenvalue weighted by molar-refractivity contribution is 0.983. The zero-order valence-corrected chi connectivity index (χ0v) is 6.65. The fourth-order valence-corrected chi connectivity index (χ4v) is 1.65. The number of nitrogens with zero attached hydrogens (tertiary/aromatic N) is 1. The molecule has 0 aromatic carbocycles. The van der Waals surface area contributed by atoms with Gasteiger partial charge in [0.05, 0.1) is 0 Å². The van der Waals surface area contributed by atoms with Gasteiger partial charge in [-0.3, -0.25) is 0 Å². The molecule has 0 radical (unpaired) electrons. The molecule has 1 aliphatic rings. The second kappa shape index (κ2) is 2.09. The fourth-order valence-electron chi connectivity index (χ4n) is 0.365. The normalized spacial score (nSPS) is 37.6. The molecule has 1 rings (SSSR count). The minimum Gasteiger partial charge on any atom is -0.207 e. The Morgan fingerprint density at radius 3 is 2.62 bits per heavy atom. The smallest absolute Gasteiger partial charge is 0.136 e. The van der Waals surface area contributed by atoms with Crippen molar-refractivity contribution in [3.8, 4) is 0 Å². The third-order valence-corrected chi connectivity index (χ3v) is 3.10. The van der Waals surface area contributed by atoms with E-state index in [1.165, 1.54) is 11.9 Å². The fraction of sp³-hybridized carbons (Fsp3) is 0.750. The summed E-state index contributed by atoms with van der Waals surface area (Å²) in [5.41, 5.74) is 0. The van der Waals surface area contributed by atoms with Crippen LogP contribution < -0.4 is 0 Å². The SMILES string of the molecule is CC1(Cl)CSN=C1Cl. The lowest BCUT2D eigenvalue weighted by Gasteiger charge is -2.09. The average molecular weight is 170 g/mol. The summed E-state index contributed by atoms with van der Waals surface area (Å²) in [7, 11) is 0. The first kappa shape index (κ1) is 6.72. The van der Waals surface area contributed by atoms with Gasteiger partial charge >= 0.3 is 0 Å². The molecule has 0 bridgehead atoms. The minimum absolute atomic E-state index is 0.397. The van der Waals surface area contributed by atoms with Crippen molar-refractivity contribution in [3.63, 3.8) is 0 Å². The van der Waals surface area contributed by atoms with Gasteiger partial charge in [-0.05, 0) is 18.9 Å². The summed E-state index contributed by atoms with van der Waals surface area (Å²) < 4.78 is 3.86. The second-order valence-electron chi connectivity index (χ2n) is 1.85. The van der Waals surface area contributed by atoms with Gasteiger partial charge in [-0.15, -0.1) is 11.6 Å². The van der Waals surface area contributed by atoms with E-state index in [-0.39, 0.29) is 0 Å². The monoisotopic (exact) mass is 169 g/mol. The van der Waals surface area contributed by atoms with Crippen molar-refractivity contribution >= 4 is 40.3 Å². The molecule has 0 saturated heterocycles. The Bertz CT molecular complexity index is 132. The van der Waals surface area contributed by atoms with Gasteiger partial charge in [0, 0.05) is 5.75 Å². The Hall–Kier alpha value is 0.600. The number of rotatable bonds is 0. The number of alkyl halides is 1. The summed E-state index contributed by atoms with van der Waals surface area (Å²) in [5.74, 6) is 0.785. The second-order valence-corrected chi connectivity index (χ2v) is 3.77. The van der Waals surface area contributed by atoms with Crippen LogP contribution in [0.5, 0.6) is 0 Å². The Kier molecular flexibility index (Phi) is 1.75. The molecule has 1 nitrogen and oxygen atoms in total. The molecular formula is C4H5Cl2NS. The molecule has 0 amide bonds. The van der Waals surface area contributed by atoms with Gasteiger partial charge in [0.1, 0.15) is 10.0 Å². The number of hydrogen-bond donors (Lipinski definition) is 0. The van der Waals surface area contributed by atoms with E-state index in [0.717, 1.165) is 5.75 Å². The molecule has 0 fully saturated rings. The largest absolute Gasteiger partial charge is 0.207 e. The number of hydrogen-bond acceptors (Lipinski definition) is 2. The maximum atomic E-state index is 5.83. The first-order chi connectivity index (χ1) is 3.63. The van der Waals surface area contributed by atoms with Crippen molar-refractivity contribution in [3.05, 3.63) is 0 Å². The van der Waals surface area contributed by atoms with Gasteiger partial charge in [0.25, 0.3) is 0 Å². The van der Waals surface area contributed by atoms with Crippen LogP contribution in [0.2, 0.25) is 0 Å². The van der Waals surface area contributed by atoms with Gasteiger partial charge in [0.15, 0.2) is 0 Å². The van der Waals surface area contributed by atoms with Crippen LogP contribution in [-0.4, -0.2) is 15.8 Å². The maximum Gasteiger partial charge on any atom is 0.136 e. The highest BCUT2D eigenvalue weighted by Crippen LogP contribution is 2.32. The van der Waals surface area contributed by atoms with Crippen molar-refractivity contribution in [1.82, 2.24) is 0 Å². The first-order valence-corrected chi connectivity index (χ1v) is 3.87. The first-order valence-electron chi connectivity index (χ1n) is 2.18. The van der Waals surface area contributed by atoms with Crippen LogP contribution in [0, 0.1) is 0 Å². The highest BCUT2D eigenvalue weighted by molar-refractivity contribution is 7.98. The van der Waals surface area contributed by atoms with Crippen LogP contribution in [0.3, 0.4) is 0 Å². The molecule has 8 heavy (non-hydrogen) atoms. The highest BCUT2D eigenvalue weighted by Gasteiger charge is 2.31. The Labute approximate surface area is 62.6 Å². The molecule has 46 valence electrons. The van der Waals surface area contributed by atoms with Crippen LogP contribution in [-0.2, 0) is 0 Å². The molecule has 0 saturated carbocycles. The summed E-state index contributed by atoms with van der Waals surface area (Å²) in [6, 6.07) is 0. The third kappa shape index (κ3) is 1.12. The maximum absolute atomic E-state index is 5.83. The molecule has 1 atom stereocenters. The molecule has 0 spiro atoms. The predicted molar refractivity (Wildman–Crippen MR) is 40.0 cm³/mol. The van der Waals surface area contributed by atoms with E-state index in [4.69, 9.17) is 23.2 Å². The Morgan fingerprint density at radius 2 is 2.50 bits per heavy atom. The van der Waals surface area contributed by atoms with Crippen LogP contribution in [0.4, 0.5) is 0 Å². The van der Waals surface area contributed by atoms with E-state index in [2.05, 4.69) is 4.40 Å². The van der Waals surface area contributed by atoms with Crippen molar-refractivity contribution in [2.75, 3.05) is 5.75 Å². The van der Waals surface area contributed by atoms with E-state index >= 15 is 0 Å². The summed E-state index contributed by atoms with van der Waals surface area (Å²) in [4.78, 5) is -0.397. The van der Waals surface area contributed by atoms with E-state index in [1.807, 2.05) is 6.92 Å². The topological polar surface area (TPSA) is 12.4 Å². The van der Waals surface area contributed by atoms with Crippen LogP contribution in [0.25, 0.3) is 0 Å². The van der Waals surface area contributed by atoms with E-state index in [1.54, 1.807) is 0 Å². The summed E-state index contributed by atoms with van der Waals surface area (Å²) in [6.45, 7) is 1.86. The zero-order chi connectivity index (χ0) is 6.20. The summed E-state index contributed by atoms with van der Waals surface area (Å²) in [5, 5.41) is 0.518. The van der Waals surface area contributed by atoms with Gasteiger partial charge in [0.2, 0.25) is 0 Å². The van der Waals surface area contributed by atoms with Crippen molar-refractivity contribution in [2.45, 2.75) is 11.8 Å². The van der Waals surface area contributed by atoms with Crippen molar-refractivity contribution < 1.29 is 0 Å². The summed E-state index contributed by atoms with van der Waals surface area (Å²) in [6.07, 6.45) is 0. The van der Waals surface area contributed by atoms with Crippen LogP contribution >= 0.6 is 35.1 Å². The Balaban J connectivity index is 2.73. The molecule has 0 aliphatic carbocycles. The van der Waals surface area contributed by atoms with Gasteiger partial charge < -0.3 is 0 Å². The van der Waals surface area contributed by atoms with Crippen LogP contribution in [0.15, 0.2) is 4.40 Å². The standard InChI is InChI=1S/C4H5Cl2NS/c1-4(6)2-8-7-3(4)5/h2H2,1H3. The van der Waals surface area contributed by atoms with E-state index in [9.17, 15) is 0 Å². The molecular weight excluding hydrogens is 165 g/mol. The molecule has 4 heteroatoms. The van der Waals surface area contributed by atoms with Crippen molar-refractivity contribution in [2.24, 2.45) is 4.40 Å². The minimum atomic E-state index is -0.397. The molecule has 0 aromatic heterocycles. The van der Waals surface area contributed by atoms with E-state index in [0.29, 0.717) is 5.17 Å². The predicted octanol–water partition coefficient (Wildman–Crippen LogP) is 2.28. The Morgan fingerprint density at radius 1 is 1.88 bits per heavy atom. The van der Waals surface area contributed by atoms with Gasteiger partial charge in [-0.2, -0.15) is 0 Å². The summed E-state index contributed by atoms with van der Waals surface area (Å²) >= 11 is 12.8. The lowest BCUT2D eigenvalue weighted by Crippen LogP contribution is -2.22. The van der Waals surface area contributed by atoms with Gasteiger partial charge in [-0.25, -0.2) is 4.40 Å². The van der Waals surface area contributed by atoms with Crippen LogP contribution in [0.1, 0.15) is 6.92 Å². The third-order valence-electron chi connectivity index (χ3n) is 0.910. The molecule has 0 N–H and O–H groups in total. The highest BCUT2D eigenvalue weighted by atomic mass is 35.5. The quantitative estimate of drug-likeness (QED) is 0.401. The molecule has 0 aromatic rings. The molecule has 1 unspecified atom stereocenters. The lowest BCUT2D eigenvalue weighted by atomic mass is 10.2.